The van der Waals surface area contributed by atoms with E-state index < -0.39 is 10.0 Å². The number of hydrogen-bond acceptors (Lipinski definition) is 5. The van der Waals surface area contributed by atoms with Crippen molar-refractivity contribution in [2.75, 3.05) is 45.9 Å². The normalized spacial score (nSPS) is 23.2. The Morgan fingerprint density at radius 2 is 1.83 bits per heavy atom. The van der Waals surface area contributed by atoms with E-state index in [2.05, 4.69) is 5.32 Å². The maximum Gasteiger partial charge on any atom is 0.254 e. The number of nitrogens with zero attached hydrogens (tertiary/aromatic N) is 2. The number of morpholine rings is 1. The molecule has 1 aromatic rings. The molecular formula is C16H23N3O4S. The molecule has 2 saturated heterocycles. The monoisotopic (exact) mass is 353 g/mol. The highest BCUT2D eigenvalue weighted by Gasteiger charge is 2.27. The van der Waals surface area contributed by atoms with Crippen molar-refractivity contribution in [1.29, 1.82) is 0 Å². The van der Waals surface area contributed by atoms with Crippen molar-refractivity contribution in [2.24, 2.45) is 0 Å². The van der Waals surface area contributed by atoms with E-state index in [0.29, 0.717) is 38.4 Å². The highest BCUT2D eigenvalue weighted by Crippen LogP contribution is 2.19. The second-order valence-electron chi connectivity index (χ2n) is 6.09. The summed E-state index contributed by atoms with van der Waals surface area (Å²) in [6.07, 6.45) is 0. The number of carbonyl (C=O) groups excluding carboxylic acids is 1. The fourth-order valence-corrected chi connectivity index (χ4v) is 4.42. The second-order valence-corrected chi connectivity index (χ2v) is 8.03. The van der Waals surface area contributed by atoms with Gasteiger partial charge in [0.05, 0.1) is 18.1 Å². The number of benzene rings is 1. The summed E-state index contributed by atoms with van der Waals surface area (Å²) in [6.45, 7) is 5.76. The van der Waals surface area contributed by atoms with Crippen LogP contribution < -0.4 is 5.32 Å². The molecule has 0 aliphatic carbocycles. The van der Waals surface area contributed by atoms with Crippen LogP contribution in [-0.4, -0.2) is 75.5 Å². The van der Waals surface area contributed by atoms with Crippen LogP contribution in [0.2, 0.25) is 0 Å². The van der Waals surface area contributed by atoms with Gasteiger partial charge < -0.3 is 15.0 Å². The minimum absolute atomic E-state index is 0.0562. The second kappa shape index (κ2) is 7.18. The van der Waals surface area contributed by atoms with E-state index in [1.54, 1.807) is 12.1 Å². The van der Waals surface area contributed by atoms with E-state index in [9.17, 15) is 13.2 Å². The van der Waals surface area contributed by atoms with Gasteiger partial charge in [0.2, 0.25) is 10.0 Å². The maximum absolute atomic E-state index is 12.6. The topological polar surface area (TPSA) is 79.0 Å². The van der Waals surface area contributed by atoms with E-state index in [0.717, 1.165) is 13.1 Å². The lowest BCUT2D eigenvalue weighted by atomic mass is 10.1. The standard InChI is InChI=1S/C16H23N3O4S/c1-13-12-17-6-7-19(13)16(20)14-2-4-15(5-3-14)24(21,22)18-8-10-23-11-9-18/h2-5,13,17H,6-12H2,1H3/t13-/m1/s1. The first kappa shape index (κ1) is 17.3. The third kappa shape index (κ3) is 3.46. The fourth-order valence-electron chi connectivity index (χ4n) is 3.01. The van der Waals surface area contributed by atoms with E-state index in [1.807, 2.05) is 11.8 Å². The fraction of sp³-hybridized carbons (Fsp3) is 0.562. The Balaban J connectivity index is 1.76. The van der Waals surface area contributed by atoms with Gasteiger partial charge in [-0.2, -0.15) is 4.31 Å². The summed E-state index contributed by atoms with van der Waals surface area (Å²) in [5.74, 6) is -0.0562. The number of ether oxygens (including phenoxy) is 1. The number of piperazine rings is 1. The average Bonchev–Trinajstić information content (AvgIpc) is 2.62. The van der Waals surface area contributed by atoms with Crippen LogP contribution in [0.5, 0.6) is 0 Å². The number of carbonyl (C=O) groups is 1. The molecule has 0 radical (unpaired) electrons. The number of hydrogen-bond donors (Lipinski definition) is 1. The zero-order valence-electron chi connectivity index (χ0n) is 13.8. The van der Waals surface area contributed by atoms with E-state index in [4.69, 9.17) is 4.74 Å². The summed E-state index contributed by atoms with van der Waals surface area (Å²) in [7, 11) is -3.52. The van der Waals surface area contributed by atoms with E-state index in [-0.39, 0.29) is 16.8 Å². The first-order chi connectivity index (χ1) is 11.5. The van der Waals surface area contributed by atoms with E-state index >= 15 is 0 Å². The molecule has 0 unspecified atom stereocenters. The number of rotatable bonds is 3. The number of nitrogens with one attached hydrogen (secondary N) is 1. The molecule has 2 aliphatic rings. The molecule has 8 heteroatoms. The quantitative estimate of drug-likeness (QED) is 0.836. The summed E-state index contributed by atoms with van der Waals surface area (Å²) >= 11 is 0. The number of amides is 1. The van der Waals surface area contributed by atoms with Crippen molar-refractivity contribution >= 4 is 15.9 Å². The smallest absolute Gasteiger partial charge is 0.254 e. The molecule has 0 spiro atoms. The Bertz CT molecular complexity index is 684. The highest BCUT2D eigenvalue weighted by molar-refractivity contribution is 7.89. The molecule has 24 heavy (non-hydrogen) atoms. The van der Waals surface area contributed by atoms with Crippen molar-refractivity contribution in [1.82, 2.24) is 14.5 Å². The molecular weight excluding hydrogens is 330 g/mol. The van der Waals surface area contributed by atoms with Crippen molar-refractivity contribution in [3.63, 3.8) is 0 Å². The Labute approximate surface area is 142 Å². The van der Waals surface area contributed by atoms with E-state index in [1.165, 1.54) is 16.4 Å². The Kier molecular flexibility index (Phi) is 5.19. The summed E-state index contributed by atoms with van der Waals surface area (Å²) < 4.78 is 31.8. The largest absolute Gasteiger partial charge is 0.379 e. The summed E-state index contributed by atoms with van der Waals surface area (Å²) in [5.41, 5.74) is 0.518. The zero-order valence-corrected chi connectivity index (χ0v) is 14.6. The first-order valence-corrected chi connectivity index (χ1v) is 9.64. The maximum atomic E-state index is 12.6. The van der Waals surface area contributed by atoms with Gasteiger partial charge in [-0.25, -0.2) is 8.42 Å². The molecule has 1 atom stereocenters. The van der Waals surface area contributed by atoms with Crippen molar-refractivity contribution in [3.05, 3.63) is 29.8 Å². The Hall–Kier alpha value is -1.48. The summed E-state index contributed by atoms with van der Waals surface area (Å²) in [6, 6.07) is 6.37. The van der Waals surface area contributed by atoms with Crippen LogP contribution in [0.4, 0.5) is 0 Å². The highest BCUT2D eigenvalue weighted by atomic mass is 32.2. The van der Waals surface area contributed by atoms with Crippen molar-refractivity contribution in [3.8, 4) is 0 Å². The van der Waals surface area contributed by atoms with Gasteiger partial charge in [-0.05, 0) is 31.2 Å². The van der Waals surface area contributed by atoms with Gasteiger partial charge in [-0.3, -0.25) is 4.79 Å². The molecule has 0 saturated carbocycles. The minimum atomic E-state index is -3.52. The molecule has 1 amide bonds. The van der Waals surface area contributed by atoms with Crippen LogP contribution in [0.25, 0.3) is 0 Å². The SMILES string of the molecule is C[C@@H]1CNCCN1C(=O)c1ccc(S(=O)(=O)N2CCOCC2)cc1. The van der Waals surface area contributed by atoms with Gasteiger partial charge in [0.1, 0.15) is 0 Å². The molecule has 0 bridgehead atoms. The molecule has 1 N–H and O–H groups in total. The summed E-state index contributed by atoms with van der Waals surface area (Å²) in [5, 5.41) is 3.25. The van der Waals surface area contributed by atoms with Crippen molar-refractivity contribution in [2.45, 2.75) is 17.9 Å². The first-order valence-electron chi connectivity index (χ1n) is 8.20. The predicted octanol–water partition coefficient (Wildman–Crippen LogP) is 0.141. The predicted molar refractivity (Wildman–Crippen MR) is 89.4 cm³/mol. The van der Waals surface area contributed by atoms with Crippen LogP contribution in [0, 0.1) is 0 Å². The molecule has 2 fully saturated rings. The third-order valence-corrected chi connectivity index (χ3v) is 6.38. The molecule has 132 valence electrons. The molecule has 7 nitrogen and oxygen atoms in total. The molecule has 1 aromatic carbocycles. The van der Waals surface area contributed by atoms with Crippen LogP contribution in [0.3, 0.4) is 0 Å². The van der Waals surface area contributed by atoms with Crippen LogP contribution in [-0.2, 0) is 14.8 Å². The van der Waals surface area contributed by atoms with Crippen molar-refractivity contribution < 1.29 is 17.9 Å². The van der Waals surface area contributed by atoms with Crippen LogP contribution in [0.1, 0.15) is 17.3 Å². The molecule has 3 rings (SSSR count). The van der Waals surface area contributed by atoms with Gasteiger partial charge in [0.25, 0.3) is 5.91 Å². The molecule has 2 heterocycles. The van der Waals surface area contributed by atoms with Gasteiger partial charge in [0, 0.05) is 44.3 Å². The Morgan fingerprint density at radius 3 is 2.46 bits per heavy atom. The summed E-state index contributed by atoms with van der Waals surface area (Å²) in [4.78, 5) is 14.6. The van der Waals surface area contributed by atoms with Gasteiger partial charge >= 0.3 is 0 Å². The molecule has 2 aliphatic heterocycles. The van der Waals surface area contributed by atoms with Crippen LogP contribution in [0.15, 0.2) is 29.2 Å². The van der Waals surface area contributed by atoms with Gasteiger partial charge in [-0.15, -0.1) is 0 Å². The zero-order chi connectivity index (χ0) is 17.2. The van der Waals surface area contributed by atoms with Crippen LogP contribution >= 0.6 is 0 Å². The lowest BCUT2D eigenvalue weighted by Crippen LogP contribution is -2.52. The lowest BCUT2D eigenvalue weighted by molar-refractivity contribution is 0.0655. The minimum Gasteiger partial charge on any atom is -0.379 e. The Morgan fingerprint density at radius 1 is 1.17 bits per heavy atom. The average molecular weight is 353 g/mol. The number of sulfonamides is 1. The lowest BCUT2D eigenvalue weighted by Gasteiger charge is -2.34. The van der Waals surface area contributed by atoms with Gasteiger partial charge in [-0.1, -0.05) is 0 Å². The third-order valence-electron chi connectivity index (χ3n) is 4.47. The van der Waals surface area contributed by atoms with Gasteiger partial charge in [0.15, 0.2) is 0 Å². The molecule has 0 aromatic heterocycles.